The van der Waals surface area contributed by atoms with Crippen molar-refractivity contribution in [2.75, 3.05) is 32.7 Å². The summed E-state index contributed by atoms with van der Waals surface area (Å²) in [5.74, 6) is 1.01. The van der Waals surface area contributed by atoms with Gasteiger partial charge in [0.15, 0.2) is 0 Å². The molecular weight excluding hydrogens is 196 g/mol. The summed E-state index contributed by atoms with van der Waals surface area (Å²) < 4.78 is 0. The van der Waals surface area contributed by atoms with Gasteiger partial charge in [-0.15, -0.1) is 0 Å². The Balaban J connectivity index is 1.77. The van der Waals surface area contributed by atoms with E-state index < -0.39 is 6.03 Å². The van der Waals surface area contributed by atoms with E-state index in [9.17, 15) is 9.59 Å². The van der Waals surface area contributed by atoms with Crippen LogP contribution >= 0.6 is 0 Å². The van der Waals surface area contributed by atoms with Gasteiger partial charge in [-0.05, 0) is 24.9 Å². The van der Waals surface area contributed by atoms with Crippen LogP contribution in [0.25, 0.3) is 0 Å². The molecule has 4 N–H and O–H groups in total. The number of nitrogens with two attached hydrogens (primary N) is 1. The van der Waals surface area contributed by atoms with Crippen molar-refractivity contribution in [3.8, 4) is 0 Å². The second-order valence-corrected chi connectivity index (χ2v) is 4.28. The molecule has 0 aliphatic carbocycles. The fourth-order valence-corrected chi connectivity index (χ4v) is 2.46. The van der Waals surface area contributed by atoms with Gasteiger partial charge in [-0.25, -0.2) is 4.79 Å². The first kappa shape index (κ1) is 10.4. The summed E-state index contributed by atoms with van der Waals surface area (Å²) in [6.45, 7) is 4.22. The summed E-state index contributed by atoms with van der Waals surface area (Å²) >= 11 is 0. The van der Waals surface area contributed by atoms with Gasteiger partial charge in [-0.3, -0.25) is 15.0 Å². The topological polar surface area (TPSA) is 87.5 Å². The quantitative estimate of drug-likeness (QED) is 0.511. The maximum Gasteiger partial charge on any atom is 0.318 e. The highest BCUT2D eigenvalue weighted by Crippen LogP contribution is 2.25. The van der Waals surface area contributed by atoms with Crippen LogP contribution in [0.15, 0.2) is 0 Å². The Morgan fingerprint density at radius 3 is 2.47 bits per heavy atom. The van der Waals surface area contributed by atoms with Gasteiger partial charge in [0.2, 0.25) is 5.91 Å². The SMILES string of the molecule is NC(=O)NC(=O)CN1CC2CNCC2C1. The third-order valence-corrected chi connectivity index (χ3v) is 3.09. The minimum atomic E-state index is -0.777. The van der Waals surface area contributed by atoms with E-state index in [2.05, 4.69) is 15.5 Å². The van der Waals surface area contributed by atoms with E-state index in [1.54, 1.807) is 0 Å². The van der Waals surface area contributed by atoms with E-state index in [4.69, 9.17) is 5.73 Å². The molecule has 0 bridgehead atoms. The maximum absolute atomic E-state index is 11.3. The highest BCUT2D eigenvalue weighted by molar-refractivity contribution is 5.94. The van der Waals surface area contributed by atoms with Crippen molar-refractivity contribution < 1.29 is 9.59 Å². The number of rotatable bonds is 2. The molecular formula is C9H16N4O2. The van der Waals surface area contributed by atoms with E-state index >= 15 is 0 Å². The molecule has 2 aliphatic heterocycles. The van der Waals surface area contributed by atoms with Crippen molar-refractivity contribution in [1.29, 1.82) is 0 Å². The minimum absolute atomic E-state index is 0.274. The maximum atomic E-state index is 11.3. The summed E-state index contributed by atoms with van der Waals surface area (Å²) in [7, 11) is 0. The molecule has 0 aromatic heterocycles. The number of fused-ring (bicyclic) bond motifs is 1. The molecule has 84 valence electrons. The van der Waals surface area contributed by atoms with Crippen LogP contribution in [-0.2, 0) is 4.79 Å². The molecule has 2 atom stereocenters. The van der Waals surface area contributed by atoms with Gasteiger partial charge in [-0.1, -0.05) is 0 Å². The lowest BCUT2D eigenvalue weighted by molar-refractivity contribution is -0.120. The zero-order chi connectivity index (χ0) is 10.8. The van der Waals surface area contributed by atoms with Crippen LogP contribution < -0.4 is 16.4 Å². The number of urea groups is 1. The zero-order valence-electron chi connectivity index (χ0n) is 8.53. The van der Waals surface area contributed by atoms with Crippen LogP contribution in [-0.4, -0.2) is 49.6 Å². The van der Waals surface area contributed by atoms with Gasteiger partial charge in [0, 0.05) is 13.1 Å². The van der Waals surface area contributed by atoms with Crippen molar-refractivity contribution in [2.24, 2.45) is 17.6 Å². The molecule has 2 rings (SSSR count). The number of primary amides is 1. The Bertz CT molecular complexity index is 269. The Kier molecular flexibility index (Phi) is 2.88. The number of carbonyl (C=O) groups is 2. The summed E-state index contributed by atoms with van der Waals surface area (Å²) in [4.78, 5) is 23.8. The van der Waals surface area contributed by atoms with Gasteiger partial charge in [0.1, 0.15) is 0 Å². The van der Waals surface area contributed by atoms with Gasteiger partial charge >= 0.3 is 6.03 Å². The number of nitrogens with one attached hydrogen (secondary N) is 2. The van der Waals surface area contributed by atoms with Crippen molar-refractivity contribution >= 4 is 11.9 Å². The van der Waals surface area contributed by atoms with Crippen molar-refractivity contribution in [3.05, 3.63) is 0 Å². The first-order valence-electron chi connectivity index (χ1n) is 5.17. The third kappa shape index (κ3) is 2.45. The number of amides is 3. The largest absolute Gasteiger partial charge is 0.351 e. The lowest BCUT2D eigenvalue weighted by atomic mass is 10.0. The molecule has 2 unspecified atom stereocenters. The van der Waals surface area contributed by atoms with Crippen LogP contribution in [0.5, 0.6) is 0 Å². The van der Waals surface area contributed by atoms with Crippen molar-refractivity contribution in [3.63, 3.8) is 0 Å². The average molecular weight is 212 g/mol. The van der Waals surface area contributed by atoms with Crippen LogP contribution in [0.3, 0.4) is 0 Å². The monoisotopic (exact) mass is 212 g/mol. The first-order valence-corrected chi connectivity index (χ1v) is 5.17. The highest BCUT2D eigenvalue weighted by atomic mass is 16.2. The predicted molar refractivity (Wildman–Crippen MR) is 54.0 cm³/mol. The van der Waals surface area contributed by atoms with Gasteiger partial charge in [0.05, 0.1) is 6.54 Å². The summed E-state index contributed by atoms with van der Waals surface area (Å²) in [6, 6.07) is -0.777. The van der Waals surface area contributed by atoms with Crippen LogP contribution in [0.4, 0.5) is 4.79 Å². The second kappa shape index (κ2) is 4.16. The molecule has 0 saturated carbocycles. The lowest BCUT2D eigenvalue weighted by Gasteiger charge is -2.15. The molecule has 2 heterocycles. The fourth-order valence-electron chi connectivity index (χ4n) is 2.46. The van der Waals surface area contributed by atoms with Crippen LogP contribution in [0.2, 0.25) is 0 Å². The lowest BCUT2D eigenvalue weighted by Crippen LogP contribution is -2.42. The minimum Gasteiger partial charge on any atom is -0.351 e. The van der Waals surface area contributed by atoms with E-state index in [-0.39, 0.29) is 12.5 Å². The molecule has 0 aromatic rings. The van der Waals surface area contributed by atoms with Crippen molar-refractivity contribution in [1.82, 2.24) is 15.5 Å². The van der Waals surface area contributed by atoms with Crippen LogP contribution in [0.1, 0.15) is 0 Å². The predicted octanol–water partition coefficient (Wildman–Crippen LogP) is -1.67. The molecule has 6 nitrogen and oxygen atoms in total. The zero-order valence-corrected chi connectivity index (χ0v) is 8.53. The van der Waals surface area contributed by atoms with Gasteiger partial charge in [-0.2, -0.15) is 0 Å². The van der Waals surface area contributed by atoms with E-state index in [0.717, 1.165) is 26.2 Å². The third-order valence-electron chi connectivity index (χ3n) is 3.09. The number of carbonyl (C=O) groups excluding carboxylic acids is 2. The van der Waals surface area contributed by atoms with Gasteiger partial charge in [0.25, 0.3) is 0 Å². The average Bonchev–Trinajstić information content (AvgIpc) is 2.60. The van der Waals surface area contributed by atoms with E-state index in [0.29, 0.717) is 11.8 Å². The normalized spacial score (nSPS) is 30.1. The fraction of sp³-hybridized carbons (Fsp3) is 0.778. The van der Waals surface area contributed by atoms with E-state index in [1.807, 2.05) is 0 Å². The Labute approximate surface area is 88.2 Å². The molecule has 3 amide bonds. The number of nitrogens with zero attached hydrogens (tertiary/aromatic N) is 1. The Morgan fingerprint density at radius 2 is 1.93 bits per heavy atom. The smallest absolute Gasteiger partial charge is 0.318 e. The van der Waals surface area contributed by atoms with Crippen molar-refractivity contribution in [2.45, 2.75) is 0 Å². The number of hydrogen-bond acceptors (Lipinski definition) is 4. The molecule has 0 aromatic carbocycles. The first-order chi connectivity index (χ1) is 7.15. The molecule has 2 fully saturated rings. The molecule has 0 spiro atoms. The standard InChI is InChI=1S/C9H16N4O2/c10-9(15)12-8(14)5-13-3-6-1-11-2-7(6)4-13/h6-7,11H,1-5H2,(H3,10,12,14,15). The summed E-state index contributed by atoms with van der Waals surface area (Å²) in [5, 5.41) is 5.41. The number of imide groups is 1. The number of hydrogen-bond donors (Lipinski definition) is 3. The molecule has 15 heavy (non-hydrogen) atoms. The number of likely N-dealkylation sites (tertiary alicyclic amines) is 1. The Hall–Kier alpha value is -1.14. The highest BCUT2D eigenvalue weighted by Gasteiger charge is 2.36. The molecule has 0 radical (unpaired) electrons. The summed E-state index contributed by atoms with van der Waals surface area (Å²) in [5.41, 5.74) is 4.86. The van der Waals surface area contributed by atoms with Crippen LogP contribution in [0, 0.1) is 11.8 Å². The molecule has 6 heteroatoms. The van der Waals surface area contributed by atoms with E-state index in [1.165, 1.54) is 0 Å². The Morgan fingerprint density at radius 1 is 1.33 bits per heavy atom. The second-order valence-electron chi connectivity index (χ2n) is 4.28. The molecule has 2 aliphatic rings. The summed E-state index contributed by atoms with van der Waals surface area (Å²) in [6.07, 6.45) is 0. The molecule has 2 saturated heterocycles. The van der Waals surface area contributed by atoms with Gasteiger partial charge < -0.3 is 11.1 Å².